The Balaban J connectivity index is 1.43. The zero-order valence-corrected chi connectivity index (χ0v) is 20.7. The first-order valence-corrected chi connectivity index (χ1v) is 13.3. The van der Waals surface area contributed by atoms with Crippen molar-refractivity contribution in [2.45, 2.75) is 74.9 Å². The molecule has 9 heteroatoms. The van der Waals surface area contributed by atoms with E-state index in [1.54, 1.807) is 4.57 Å². The minimum absolute atomic E-state index is 0.0149. The van der Waals surface area contributed by atoms with Crippen molar-refractivity contribution in [3.05, 3.63) is 58.8 Å². The number of aromatic amines is 1. The van der Waals surface area contributed by atoms with Crippen LogP contribution in [0.2, 0.25) is 0 Å². The van der Waals surface area contributed by atoms with E-state index >= 15 is 0 Å². The average molecular weight is 491 g/mol. The quantitative estimate of drug-likeness (QED) is 0.283. The Kier molecular flexibility index (Phi) is 7.13. The maximum absolute atomic E-state index is 13.4. The average Bonchev–Trinajstić information content (AvgIpc) is 3.30. The summed E-state index contributed by atoms with van der Waals surface area (Å²) in [6, 6.07) is 8.36. The molecule has 0 saturated heterocycles. The van der Waals surface area contributed by atoms with Gasteiger partial charge in [-0.3, -0.25) is 14.2 Å². The molecule has 5 rings (SSSR count). The maximum Gasteiger partial charge on any atom is 0.282 e. The highest BCUT2D eigenvalue weighted by molar-refractivity contribution is 8.00. The van der Waals surface area contributed by atoms with Crippen LogP contribution in [0.15, 0.2) is 52.8 Å². The lowest BCUT2D eigenvalue weighted by molar-refractivity contribution is -0.121. The van der Waals surface area contributed by atoms with Crippen molar-refractivity contribution in [1.29, 1.82) is 0 Å². The molecule has 8 nitrogen and oxygen atoms in total. The molecule has 1 amide bonds. The van der Waals surface area contributed by atoms with E-state index in [-0.39, 0.29) is 28.3 Å². The Hall–Kier alpha value is -3.20. The Bertz CT molecular complexity index is 1390. The summed E-state index contributed by atoms with van der Waals surface area (Å²) in [5, 5.41) is 4.54. The lowest BCUT2D eigenvalue weighted by atomic mass is 9.95. The molecule has 3 aromatic heterocycles. The third-order valence-electron chi connectivity index (χ3n) is 6.70. The number of hydrogen-bond donors (Lipinski definition) is 2. The number of rotatable bonds is 8. The zero-order chi connectivity index (χ0) is 24.2. The number of carbonyl (C=O) groups excluding carboxylic acids is 1. The van der Waals surface area contributed by atoms with Gasteiger partial charge >= 0.3 is 0 Å². The van der Waals surface area contributed by atoms with Gasteiger partial charge in [-0.25, -0.2) is 15.0 Å². The van der Waals surface area contributed by atoms with Gasteiger partial charge in [0, 0.05) is 42.1 Å². The summed E-state index contributed by atoms with van der Waals surface area (Å²) in [6.07, 6.45) is 11.9. The largest absolute Gasteiger partial charge is 0.361 e. The van der Waals surface area contributed by atoms with Gasteiger partial charge in [0.2, 0.25) is 5.91 Å². The molecule has 1 aromatic carbocycles. The van der Waals surface area contributed by atoms with Crippen LogP contribution in [0.5, 0.6) is 0 Å². The second-order valence-corrected chi connectivity index (χ2v) is 10.2. The first kappa shape index (κ1) is 23.5. The number of amides is 1. The molecule has 0 radical (unpaired) electrons. The number of aryl methyl sites for hydroxylation is 1. The van der Waals surface area contributed by atoms with Crippen LogP contribution in [0.1, 0.15) is 51.0 Å². The second-order valence-electron chi connectivity index (χ2n) is 9.05. The minimum Gasteiger partial charge on any atom is -0.361 e. The van der Waals surface area contributed by atoms with E-state index in [1.165, 1.54) is 30.6 Å². The van der Waals surface area contributed by atoms with Gasteiger partial charge in [-0.2, -0.15) is 0 Å². The summed E-state index contributed by atoms with van der Waals surface area (Å²) in [5.41, 5.74) is 2.52. The highest BCUT2D eigenvalue weighted by Crippen LogP contribution is 2.26. The third-order valence-corrected chi connectivity index (χ3v) is 8.06. The van der Waals surface area contributed by atoms with Crippen LogP contribution in [0.3, 0.4) is 0 Å². The van der Waals surface area contributed by atoms with Gasteiger partial charge < -0.3 is 10.3 Å². The lowest BCUT2D eigenvalue weighted by Crippen LogP contribution is -2.41. The fraction of sp³-hybridized carbons (Fsp3) is 0.423. The summed E-state index contributed by atoms with van der Waals surface area (Å²) < 4.78 is 1.65. The van der Waals surface area contributed by atoms with Crippen LogP contribution in [0, 0.1) is 0 Å². The van der Waals surface area contributed by atoms with E-state index in [9.17, 15) is 9.59 Å². The van der Waals surface area contributed by atoms with Crippen molar-refractivity contribution in [2.24, 2.45) is 0 Å². The fourth-order valence-corrected chi connectivity index (χ4v) is 5.81. The Labute approximate surface area is 208 Å². The number of thioether (sulfide) groups is 1. The molecule has 35 heavy (non-hydrogen) atoms. The number of benzene rings is 1. The molecule has 1 atom stereocenters. The number of hydrogen-bond acceptors (Lipinski definition) is 6. The molecule has 3 heterocycles. The van der Waals surface area contributed by atoms with Crippen LogP contribution in [-0.2, 0) is 17.8 Å². The second kappa shape index (κ2) is 10.6. The van der Waals surface area contributed by atoms with Crippen LogP contribution in [0.4, 0.5) is 0 Å². The summed E-state index contributed by atoms with van der Waals surface area (Å²) in [4.78, 5) is 43.0. The number of nitrogens with zero attached hydrogens (tertiary/aromatic N) is 4. The van der Waals surface area contributed by atoms with Crippen molar-refractivity contribution in [3.8, 4) is 0 Å². The molecule has 1 fully saturated rings. The topological polar surface area (TPSA) is 106 Å². The van der Waals surface area contributed by atoms with Gasteiger partial charge in [-0.15, -0.1) is 0 Å². The van der Waals surface area contributed by atoms with E-state index in [2.05, 4.69) is 31.3 Å². The van der Waals surface area contributed by atoms with Crippen molar-refractivity contribution in [1.82, 2.24) is 29.8 Å². The van der Waals surface area contributed by atoms with E-state index in [1.807, 2.05) is 31.3 Å². The number of para-hydroxylation sites is 1. The van der Waals surface area contributed by atoms with Crippen LogP contribution >= 0.6 is 11.8 Å². The number of H-pyrrole nitrogens is 1. The molecule has 0 spiro atoms. The number of nitrogens with one attached hydrogen (secondary N) is 2. The first-order chi connectivity index (χ1) is 17.1. The molecule has 182 valence electrons. The summed E-state index contributed by atoms with van der Waals surface area (Å²) in [6.45, 7) is 2.43. The molecule has 1 aliphatic carbocycles. The molecule has 0 aliphatic heterocycles. The van der Waals surface area contributed by atoms with Gasteiger partial charge in [0.05, 0.1) is 5.25 Å². The van der Waals surface area contributed by atoms with Gasteiger partial charge in [0.25, 0.3) is 5.56 Å². The maximum atomic E-state index is 13.4. The Morgan fingerprint density at radius 1 is 1.20 bits per heavy atom. The molecular weight excluding hydrogens is 460 g/mol. The van der Waals surface area contributed by atoms with Gasteiger partial charge in [0.1, 0.15) is 0 Å². The van der Waals surface area contributed by atoms with Crippen molar-refractivity contribution in [3.63, 3.8) is 0 Å². The summed E-state index contributed by atoms with van der Waals surface area (Å²) in [5.74, 6) is 0.0149. The monoisotopic (exact) mass is 490 g/mol. The smallest absolute Gasteiger partial charge is 0.282 e. The van der Waals surface area contributed by atoms with E-state index in [0.717, 1.165) is 42.1 Å². The molecule has 1 aliphatic rings. The summed E-state index contributed by atoms with van der Waals surface area (Å²) in [7, 11) is 0. The summed E-state index contributed by atoms with van der Waals surface area (Å²) >= 11 is 1.35. The van der Waals surface area contributed by atoms with Crippen molar-refractivity contribution < 1.29 is 4.79 Å². The number of fused-ring (bicyclic) bond motifs is 2. The van der Waals surface area contributed by atoms with Gasteiger partial charge in [-0.1, -0.05) is 56.1 Å². The Morgan fingerprint density at radius 3 is 2.83 bits per heavy atom. The van der Waals surface area contributed by atoms with Crippen LogP contribution in [-0.4, -0.2) is 41.7 Å². The molecule has 4 aromatic rings. The highest BCUT2D eigenvalue weighted by atomic mass is 32.2. The lowest BCUT2D eigenvalue weighted by Gasteiger charge is -2.25. The van der Waals surface area contributed by atoms with Gasteiger partial charge in [0.15, 0.2) is 16.3 Å². The fourth-order valence-electron chi connectivity index (χ4n) is 4.78. The predicted octanol–water partition coefficient (Wildman–Crippen LogP) is 4.23. The van der Waals surface area contributed by atoms with Crippen LogP contribution < -0.4 is 10.9 Å². The molecule has 2 N–H and O–H groups in total. The minimum atomic E-state index is -0.336. The van der Waals surface area contributed by atoms with E-state index in [0.29, 0.717) is 30.2 Å². The van der Waals surface area contributed by atoms with Crippen LogP contribution in [0.25, 0.3) is 22.1 Å². The molecule has 0 bridgehead atoms. The molecular formula is C26H30N6O2S. The van der Waals surface area contributed by atoms with Crippen molar-refractivity contribution >= 4 is 39.7 Å². The number of carbonyl (C=O) groups is 1. The Morgan fingerprint density at radius 2 is 2.00 bits per heavy atom. The normalized spacial score (nSPS) is 15.5. The van der Waals surface area contributed by atoms with Gasteiger partial charge in [-0.05, 0) is 37.3 Å². The first-order valence-electron chi connectivity index (χ1n) is 12.4. The standard InChI is InChI=1S/C26H30N6O2S/c1-2-21(24(33)30-18-8-4-3-5-9-18)35-26-31-23-22(27-13-14-28-23)25(34)32(26)15-12-17-16-29-20-11-7-6-10-19(17)20/h6-7,10-11,13-14,16,18,21,29H,2-5,8-9,12,15H2,1H3,(H,30,33). The van der Waals surface area contributed by atoms with E-state index in [4.69, 9.17) is 0 Å². The molecule has 1 saturated carbocycles. The number of aromatic nitrogens is 5. The van der Waals surface area contributed by atoms with E-state index < -0.39 is 0 Å². The van der Waals surface area contributed by atoms with Crippen molar-refractivity contribution in [2.75, 3.05) is 0 Å². The SMILES string of the molecule is CCC(Sc1nc2nccnc2c(=O)n1CCc1c[nH]c2ccccc12)C(=O)NC1CCCCC1. The zero-order valence-electron chi connectivity index (χ0n) is 19.9. The highest BCUT2D eigenvalue weighted by Gasteiger charge is 2.25. The third kappa shape index (κ3) is 5.10. The predicted molar refractivity (Wildman–Crippen MR) is 139 cm³/mol. The molecule has 1 unspecified atom stereocenters.